The molecule has 1 aliphatic rings. The largest absolute Gasteiger partial charge is 0.394 e. The van der Waals surface area contributed by atoms with Gasteiger partial charge in [-0.3, -0.25) is 4.79 Å². The molecule has 0 bridgehead atoms. The van der Waals surface area contributed by atoms with Gasteiger partial charge in [-0.2, -0.15) is 5.26 Å². The van der Waals surface area contributed by atoms with Gasteiger partial charge in [0.2, 0.25) is 5.91 Å². The first kappa shape index (κ1) is 13.6. The standard InChI is InChI=1S/C15H18N2O2/c16-8-7-12-4-1-2-5-13(12)10-15(19)17-9-3-6-14(17)11-18/h1-2,4-5,14,18H,3,6-7,9-11H2/t14-/m1/s1. The third-order valence-electron chi connectivity index (χ3n) is 3.64. The number of nitriles is 1. The molecular formula is C15H18N2O2. The quantitative estimate of drug-likeness (QED) is 0.884. The van der Waals surface area contributed by atoms with Crippen molar-refractivity contribution in [2.24, 2.45) is 0 Å². The van der Waals surface area contributed by atoms with Crippen LogP contribution in [0.4, 0.5) is 0 Å². The minimum atomic E-state index is -0.0318. The molecule has 0 aliphatic carbocycles. The molecule has 4 heteroatoms. The molecule has 0 unspecified atom stereocenters. The number of aliphatic hydroxyl groups is 1. The lowest BCUT2D eigenvalue weighted by atomic mass is 10.0. The molecule has 2 rings (SSSR count). The van der Waals surface area contributed by atoms with E-state index in [1.807, 2.05) is 24.3 Å². The highest BCUT2D eigenvalue weighted by molar-refractivity contribution is 5.79. The Morgan fingerprint density at radius 3 is 2.84 bits per heavy atom. The number of rotatable bonds is 4. The minimum Gasteiger partial charge on any atom is -0.394 e. The number of hydrogen-bond donors (Lipinski definition) is 1. The summed E-state index contributed by atoms with van der Waals surface area (Å²) >= 11 is 0. The van der Waals surface area contributed by atoms with Crippen LogP contribution >= 0.6 is 0 Å². The zero-order chi connectivity index (χ0) is 13.7. The van der Waals surface area contributed by atoms with Crippen molar-refractivity contribution in [1.29, 1.82) is 5.26 Å². The van der Waals surface area contributed by atoms with Crippen molar-refractivity contribution in [2.45, 2.75) is 31.7 Å². The minimum absolute atomic E-state index is 0.0318. The second kappa shape index (κ2) is 6.35. The SMILES string of the molecule is N#CCc1ccccc1CC(=O)N1CCC[C@@H]1CO. The van der Waals surface area contributed by atoms with Gasteiger partial charge in [-0.25, -0.2) is 0 Å². The molecule has 19 heavy (non-hydrogen) atoms. The average Bonchev–Trinajstić information content (AvgIpc) is 2.89. The van der Waals surface area contributed by atoms with Gasteiger partial charge in [0.1, 0.15) is 0 Å². The number of aliphatic hydroxyl groups excluding tert-OH is 1. The molecule has 1 aliphatic heterocycles. The molecule has 1 fully saturated rings. The first-order chi connectivity index (χ1) is 9.26. The first-order valence-corrected chi connectivity index (χ1v) is 6.60. The van der Waals surface area contributed by atoms with Crippen molar-refractivity contribution in [2.75, 3.05) is 13.2 Å². The number of amides is 1. The molecule has 0 aromatic heterocycles. The smallest absolute Gasteiger partial charge is 0.227 e. The summed E-state index contributed by atoms with van der Waals surface area (Å²) in [6.45, 7) is 0.760. The normalized spacial score (nSPS) is 18.3. The Bertz CT molecular complexity index is 493. The summed E-state index contributed by atoms with van der Waals surface area (Å²) in [4.78, 5) is 14.0. The Balaban J connectivity index is 2.09. The lowest BCUT2D eigenvalue weighted by molar-refractivity contribution is -0.132. The van der Waals surface area contributed by atoms with Gasteiger partial charge in [0.15, 0.2) is 0 Å². The zero-order valence-corrected chi connectivity index (χ0v) is 10.9. The van der Waals surface area contributed by atoms with Crippen molar-refractivity contribution in [1.82, 2.24) is 4.90 Å². The molecule has 0 spiro atoms. The van der Waals surface area contributed by atoms with E-state index >= 15 is 0 Å². The lowest BCUT2D eigenvalue weighted by Gasteiger charge is -2.23. The number of nitrogens with zero attached hydrogens (tertiary/aromatic N) is 2. The lowest BCUT2D eigenvalue weighted by Crippen LogP contribution is -2.38. The maximum Gasteiger partial charge on any atom is 0.227 e. The Hall–Kier alpha value is -1.86. The van der Waals surface area contributed by atoms with E-state index in [4.69, 9.17) is 5.26 Å². The van der Waals surface area contributed by atoms with E-state index in [1.165, 1.54) is 0 Å². The molecule has 1 heterocycles. The summed E-state index contributed by atoms with van der Waals surface area (Å²) in [7, 11) is 0. The highest BCUT2D eigenvalue weighted by Crippen LogP contribution is 2.19. The van der Waals surface area contributed by atoms with E-state index in [9.17, 15) is 9.90 Å². The van der Waals surface area contributed by atoms with Crippen molar-refractivity contribution in [3.63, 3.8) is 0 Å². The van der Waals surface area contributed by atoms with E-state index in [2.05, 4.69) is 6.07 Å². The van der Waals surface area contributed by atoms with Crippen molar-refractivity contribution in [3.8, 4) is 6.07 Å². The predicted molar refractivity (Wildman–Crippen MR) is 71.3 cm³/mol. The summed E-state index contributed by atoms with van der Waals surface area (Å²) < 4.78 is 0. The third-order valence-corrected chi connectivity index (χ3v) is 3.64. The zero-order valence-electron chi connectivity index (χ0n) is 10.9. The van der Waals surface area contributed by atoms with Crippen LogP contribution in [0.5, 0.6) is 0 Å². The van der Waals surface area contributed by atoms with Gasteiger partial charge in [-0.05, 0) is 24.0 Å². The number of likely N-dealkylation sites (tertiary alicyclic amines) is 1. The van der Waals surface area contributed by atoms with Crippen molar-refractivity contribution < 1.29 is 9.90 Å². The number of benzene rings is 1. The van der Waals surface area contributed by atoms with Crippen LogP contribution in [0.2, 0.25) is 0 Å². The summed E-state index contributed by atoms with van der Waals surface area (Å²) in [5.41, 5.74) is 1.83. The van der Waals surface area contributed by atoms with Crippen LogP contribution in [0.25, 0.3) is 0 Å². The first-order valence-electron chi connectivity index (χ1n) is 6.60. The molecule has 0 saturated carbocycles. The maximum absolute atomic E-state index is 12.3. The fourth-order valence-corrected chi connectivity index (χ4v) is 2.61. The van der Waals surface area contributed by atoms with E-state index in [-0.39, 0.29) is 18.6 Å². The van der Waals surface area contributed by atoms with E-state index in [0.29, 0.717) is 12.8 Å². The summed E-state index contributed by atoms with van der Waals surface area (Å²) in [5, 5.41) is 18.0. The van der Waals surface area contributed by atoms with Gasteiger partial charge in [0, 0.05) is 6.54 Å². The van der Waals surface area contributed by atoms with Crippen LogP contribution in [0.1, 0.15) is 24.0 Å². The molecule has 1 aromatic rings. The molecule has 1 atom stereocenters. The van der Waals surface area contributed by atoms with Crippen molar-refractivity contribution >= 4 is 5.91 Å². The number of carbonyl (C=O) groups excluding carboxylic acids is 1. The topological polar surface area (TPSA) is 64.3 Å². The third kappa shape index (κ3) is 3.12. The molecule has 1 saturated heterocycles. The molecular weight excluding hydrogens is 240 g/mol. The van der Waals surface area contributed by atoms with Crippen LogP contribution in [-0.4, -0.2) is 35.1 Å². The Morgan fingerprint density at radius 1 is 1.42 bits per heavy atom. The van der Waals surface area contributed by atoms with Crippen LogP contribution < -0.4 is 0 Å². The molecule has 4 nitrogen and oxygen atoms in total. The number of carbonyl (C=O) groups is 1. The van der Waals surface area contributed by atoms with Crippen LogP contribution in [0.3, 0.4) is 0 Å². The Kier molecular flexibility index (Phi) is 4.53. The second-order valence-electron chi connectivity index (χ2n) is 4.85. The van der Waals surface area contributed by atoms with Gasteiger partial charge < -0.3 is 10.0 Å². The van der Waals surface area contributed by atoms with Gasteiger partial charge in [-0.1, -0.05) is 24.3 Å². The van der Waals surface area contributed by atoms with Crippen LogP contribution in [0.15, 0.2) is 24.3 Å². The summed E-state index contributed by atoms with van der Waals surface area (Å²) in [6.07, 6.45) is 2.47. The van der Waals surface area contributed by atoms with Crippen LogP contribution in [0, 0.1) is 11.3 Å². The van der Waals surface area contributed by atoms with Gasteiger partial charge in [-0.15, -0.1) is 0 Å². The molecule has 0 radical (unpaired) electrons. The van der Waals surface area contributed by atoms with Gasteiger partial charge >= 0.3 is 0 Å². The van der Waals surface area contributed by atoms with E-state index in [1.54, 1.807) is 4.90 Å². The fraction of sp³-hybridized carbons (Fsp3) is 0.467. The predicted octanol–water partition coefficient (Wildman–Crippen LogP) is 1.28. The summed E-state index contributed by atoms with van der Waals surface area (Å²) in [6, 6.07) is 9.64. The highest BCUT2D eigenvalue weighted by Gasteiger charge is 2.28. The Labute approximate surface area is 113 Å². The van der Waals surface area contributed by atoms with Gasteiger partial charge in [0.05, 0.1) is 31.6 Å². The summed E-state index contributed by atoms with van der Waals surface area (Å²) in [5.74, 6) is 0.0435. The fourth-order valence-electron chi connectivity index (χ4n) is 2.61. The van der Waals surface area contributed by atoms with Crippen LogP contribution in [-0.2, 0) is 17.6 Å². The molecule has 1 amide bonds. The second-order valence-corrected chi connectivity index (χ2v) is 4.85. The van der Waals surface area contributed by atoms with Crippen molar-refractivity contribution in [3.05, 3.63) is 35.4 Å². The monoisotopic (exact) mass is 258 g/mol. The average molecular weight is 258 g/mol. The highest BCUT2D eigenvalue weighted by atomic mass is 16.3. The van der Waals surface area contributed by atoms with Gasteiger partial charge in [0.25, 0.3) is 0 Å². The Morgan fingerprint density at radius 2 is 2.16 bits per heavy atom. The number of hydrogen-bond acceptors (Lipinski definition) is 3. The molecule has 1 N–H and O–H groups in total. The van der Waals surface area contributed by atoms with E-state index < -0.39 is 0 Å². The molecule has 1 aromatic carbocycles. The van der Waals surface area contributed by atoms with E-state index in [0.717, 1.165) is 30.5 Å². The molecule has 100 valence electrons. The maximum atomic E-state index is 12.3.